The van der Waals surface area contributed by atoms with Crippen LogP contribution in [0, 0.1) is 6.92 Å². The fourth-order valence-corrected chi connectivity index (χ4v) is 6.33. The van der Waals surface area contributed by atoms with Gasteiger partial charge in [-0.15, -0.1) is 5.10 Å². The first-order valence-corrected chi connectivity index (χ1v) is 13.9. The number of hydrogen-bond acceptors (Lipinski definition) is 9. The summed E-state index contributed by atoms with van der Waals surface area (Å²) in [6, 6.07) is 14.3. The Morgan fingerprint density at radius 1 is 1.05 bits per heavy atom. The third kappa shape index (κ3) is 4.18. The molecule has 1 atom stereocenters. The van der Waals surface area contributed by atoms with Crippen molar-refractivity contribution in [2.75, 3.05) is 17.2 Å². The molecule has 11 heteroatoms. The van der Waals surface area contributed by atoms with Gasteiger partial charge < -0.3 is 15.1 Å². The third-order valence-corrected chi connectivity index (χ3v) is 8.70. The molecule has 6 rings (SSSR count). The molecular formula is C27H27N7O3S. The zero-order valence-electron chi connectivity index (χ0n) is 21.1. The Morgan fingerprint density at radius 2 is 1.87 bits per heavy atom. The molecule has 10 nitrogen and oxygen atoms in total. The van der Waals surface area contributed by atoms with Crippen LogP contribution in [0.3, 0.4) is 0 Å². The van der Waals surface area contributed by atoms with E-state index in [0.717, 1.165) is 30.8 Å². The number of anilines is 2. The number of aromatic nitrogens is 5. The van der Waals surface area contributed by atoms with Crippen LogP contribution < -0.4 is 10.6 Å². The Kier molecular flexibility index (Phi) is 5.87. The highest BCUT2D eigenvalue weighted by Gasteiger charge is 2.25. The molecule has 0 amide bonds. The number of fused-ring (bicyclic) bond motifs is 1. The van der Waals surface area contributed by atoms with Crippen LogP contribution in [0.4, 0.5) is 11.8 Å². The second kappa shape index (κ2) is 9.25. The molecule has 3 aromatic heterocycles. The largest absolute Gasteiger partial charge is 0.404 e. The Bertz CT molecular complexity index is 1740. The predicted molar refractivity (Wildman–Crippen MR) is 145 cm³/mol. The Balaban J connectivity index is 1.55. The Morgan fingerprint density at radius 3 is 2.61 bits per heavy atom. The van der Waals surface area contributed by atoms with Crippen molar-refractivity contribution in [1.29, 1.82) is 0 Å². The van der Waals surface area contributed by atoms with E-state index in [0.29, 0.717) is 33.9 Å². The number of nitrogens with two attached hydrogens (primary N) is 1. The van der Waals surface area contributed by atoms with Crippen molar-refractivity contribution in [2.45, 2.75) is 44.0 Å². The van der Waals surface area contributed by atoms with E-state index in [1.165, 1.54) is 10.4 Å². The molecule has 1 saturated heterocycles. The zero-order chi connectivity index (χ0) is 26.4. The molecule has 4 heterocycles. The molecule has 0 bridgehead atoms. The summed E-state index contributed by atoms with van der Waals surface area (Å²) in [6.45, 7) is 5.03. The lowest BCUT2D eigenvalue weighted by Crippen LogP contribution is -2.38. The predicted octanol–water partition coefficient (Wildman–Crippen LogP) is 4.65. The number of nitrogens with zero attached hydrogens (tertiary/aromatic N) is 6. The van der Waals surface area contributed by atoms with Gasteiger partial charge in [-0.1, -0.05) is 22.8 Å². The molecule has 0 radical (unpaired) electrons. The number of aryl methyl sites for hydroxylation is 1. The van der Waals surface area contributed by atoms with Crippen molar-refractivity contribution < 1.29 is 12.8 Å². The maximum Gasteiger partial charge on any atom is 0.313 e. The van der Waals surface area contributed by atoms with Gasteiger partial charge in [0, 0.05) is 41.5 Å². The molecule has 0 aliphatic carbocycles. The van der Waals surface area contributed by atoms with Crippen LogP contribution in [0.5, 0.6) is 0 Å². The first-order chi connectivity index (χ1) is 18.3. The molecule has 1 aliphatic rings. The monoisotopic (exact) mass is 529 g/mol. The highest BCUT2D eigenvalue weighted by atomic mass is 32.2. The van der Waals surface area contributed by atoms with Crippen LogP contribution in [-0.2, 0) is 10.0 Å². The van der Waals surface area contributed by atoms with Crippen molar-refractivity contribution in [3.63, 3.8) is 0 Å². The van der Waals surface area contributed by atoms with Crippen molar-refractivity contribution in [2.24, 2.45) is 0 Å². The highest BCUT2D eigenvalue weighted by Crippen LogP contribution is 2.35. The molecule has 38 heavy (non-hydrogen) atoms. The van der Waals surface area contributed by atoms with Crippen LogP contribution in [0.2, 0.25) is 0 Å². The molecule has 5 aromatic rings. The van der Waals surface area contributed by atoms with Crippen LogP contribution in [0.15, 0.2) is 70.2 Å². The number of rotatable bonds is 5. The molecule has 2 N–H and O–H groups in total. The molecule has 0 saturated carbocycles. The lowest BCUT2D eigenvalue weighted by atomic mass is 10.0. The summed E-state index contributed by atoms with van der Waals surface area (Å²) in [4.78, 5) is 11.9. The summed E-state index contributed by atoms with van der Waals surface area (Å²) in [5, 5.41) is 8.37. The molecule has 1 aliphatic heterocycles. The maximum absolute atomic E-state index is 13.8. The number of nitrogen functional groups attached to an aromatic ring is 1. The van der Waals surface area contributed by atoms with Gasteiger partial charge in [-0.3, -0.25) is 0 Å². The standard InChI is InChI=1S/C27H27N7O3S/c1-17-6-9-20(10-7-17)38(35,36)34-16-22(21-15-19(8-11-23(21)34)26-31-32-27(28)37-26)25-29-13-12-24(30-25)33-14-4-3-5-18(33)2/h6-13,15-16,18H,3-5,14H2,1-2H3,(H2,28,32). The summed E-state index contributed by atoms with van der Waals surface area (Å²) in [6.07, 6.45) is 6.71. The molecule has 2 aromatic carbocycles. The van der Waals surface area contributed by atoms with E-state index in [4.69, 9.17) is 15.1 Å². The van der Waals surface area contributed by atoms with E-state index in [-0.39, 0.29) is 16.8 Å². The van der Waals surface area contributed by atoms with E-state index in [1.807, 2.05) is 13.0 Å². The third-order valence-electron chi connectivity index (χ3n) is 7.01. The normalized spacial score (nSPS) is 16.3. The lowest BCUT2D eigenvalue weighted by Gasteiger charge is -2.34. The van der Waals surface area contributed by atoms with E-state index in [2.05, 4.69) is 27.0 Å². The lowest BCUT2D eigenvalue weighted by molar-refractivity contribution is 0.481. The average Bonchev–Trinajstić information content (AvgIpc) is 3.53. The van der Waals surface area contributed by atoms with Crippen molar-refractivity contribution in [3.05, 3.63) is 66.5 Å². The van der Waals surface area contributed by atoms with E-state index in [9.17, 15) is 8.42 Å². The summed E-state index contributed by atoms with van der Waals surface area (Å²) in [5.74, 6) is 1.50. The van der Waals surface area contributed by atoms with Crippen LogP contribution >= 0.6 is 0 Å². The smallest absolute Gasteiger partial charge is 0.313 e. The summed E-state index contributed by atoms with van der Waals surface area (Å²) in [7, 11) is -3.90. The molecule has 0 spiro atoms. The fourth-order valence-electron chi connectivity index (χ4n) is 4.96. The van der Waals surface area contributed by atoms with Crippen molar-refractivity contribution >= 4 is 32.8 Å². The molecule has 1 fully saturated rings. The van der Waals surface area contributed by atoms with Gasteiger partial charge in [0.05, 0.1) is 10.4 Å². The van der Waals surface area contributed by atoms with Gasteiger partial charge in [-0.2, -0.15) is 0 Å². The number of piperidine rings is 1. The maximum atomic E-state index is 13.8. The van der Waals surface area contributed by atoms with Crippen molar-refractivity contribution in [3.8, 4) is 22.8 Å². The van der Waals surface area contributed by atoms with Gasteiger partial charge in [0.2, 0.25) is 5.89 Å². The average molecular weight is 530 g/mol. The quantitative estimate of drug-likeness (QED) is 0.345. The van der Waals surface area contributed by atoms with Gasteiger partial charge >= 0.3 is 6.01 Å². The van der Waals surface area contributed by atoms with E-state index < -0.39 is 10.0 Å². The summed E-state index contributed by atoms with van der Waals surface area (Å²) >= 11 is 0. The second-order valence-corrected chi connectivity index (χ2v) is 11.4. The minimum absolute atomic E-state index is 0.0495. The second-order valence-electron chi connectivity index (χ2n) is 9.61. The highest BCUT2D eigenvalue weighted by molar-refractivity contribution is 7.90. The van der Waals surface area contributed by atoms with Crippen LogP contribution in [-0.4, -0.2) is 45.1 Å². The minimum Gasteiger partial charge on any atom is -0.404 e. The molecule has 1 unspecified atom stereocenters. The van der Waals surface area contributed by atoms with Gasteiger partial charge in [-0.25, -0.2) is 22.4 Å². The topological polar surface area (TPSA) is 133 Å². The molecule has 194 valence electrons. The van der Waals surface area contributed by atoms with Gasteiger partial charge in [0.15, 0.2) is 5.82 Å². The van der Waals surface area contributed by atoms with Crippen molar-refractivity contribution in [1.82, 2.24) is 24.1 Å². The van der Waals surface area contributed by atoms with Gasteiger partial charge in [-0.05, 0) is 69.5 Å². The fraction of sp³-hybridized carbons (Fsp3) is 0.259. The van der Waals surface area contributed by atoms with E-state index in [1.54, 1.807) is 54.9 Å². The van der Waals surface area contributed by atoms with Crippen LogP contribution in [0.1, 0.15) is 31.7 Å². The zero-order valence-corrected chi connectivity index (χ0v) is 21.9. The van der Waals surface area contributed by atoms with Gasteiger partial charge in [0.1, 0.15) is 5.82 Å². The summed E-state index contributed by atoms with van der Waals surface area (Å²) in [5.41, 5.74) is 8.28. The minimum atomic E-state index is -3.90. The first kappa shape index (κ1) is 24.1. The number of benzene rings is 2. The Hall–Kier alpha value is -4.25. The number of hydrogen-bond donors (Lipinski definition) is 1. The van der Waals surface area contributed by atoms with E-state index >= 15 is 0 Å². The van der Waals surface area contributed by atoms with Gasteiger partial charge in [0.25, 0.3) is 10.0 Å². The summed E-state index contributed by atoms with van der Waals surface area (Å²) < 4.78 is 34.3. The Labute approximate surface area is 220 Å². The molecular weight excluding hydrogens is 502 g/mol. The SMILES string of the molecule is Cc1ccc(S(=O)(=O)n2cc(-c3nccc(N4CCCCC4C)n3)c3cc(-c4nnc(N)o4)ccc32)cc1. The van der Waals surface area contributed by atoms with Crippen LogP contribution in [0.25, 0.3) is 33.7 Å². The first-order valence-electron chi connectivity index (χ1n) is 12.5.